The largest absolute Gasteiger partial charge is 0.0895 e. The van der Waals surface area contributed by atoms with E-state index in [0.717, 1.165) is 23.3 Å². The maximum Gasteiger partial charge on any atom is 0.0141 e. The van der Waals surface area contributed by atoms with E-state index in [1.807, 2.05) is 0 Å². The highest BCUT2D eigenvalue weighted by atomic mass is 35.5. The number of rotatable bonds is 8. The van der Waals surface area contributed by atoms with Gasteiger partial charge in [-0.2, -0.15) is 0 Å². The molecule has 0 aliphatic heterocycles. The summed E-state index contributed by atoms with van der Waals surface area (Å²) in [5.41, 5.74) is 0.494. The third-order valence-corrected chi connectivity index (χ3v) is 5.34. The molecule has 0 aromatic rings. The van der Waals surface area contributed by atoms with Gasteiger partial charge in [0.2, 0.25) is 0 Å². The predicted molar refractivity (Wildman–Crippen MR) is 87.6 cm³/mol. The summed E-state index contributed by atoms with van der Waals surface area (Å²) in [7, 11) is 0. The van der Waals surface area contributed by atoms with Crippen molar-refractivity contribution in [1.29, 1.82) is 0 Å². The SMILES string of the molecule is CCCCCC(C)(C)C(CCC)[C@H]1CC=C(Cl)CC1. The van der Waals surface area contributed by atoms with Crippen molar-refractivity contribution in [3.63, 3.8) is 0 Å². The highest BCUT2D eigenvalue weighted by Gasteiger charge is 2.34. The third kappa shape index (κ3) is 5.50. The Kier molecular flexibility index (Phi) is 7.50. The quantitative estimate of drug-likeness (QED) is 0.424. The fraction of sp³-hybridized carbons (Fsp3) is 0.889. The number of halogens is 1. The molecule has 0 saturated carbocycles. The fourth-order valence-corrected chi connectivity index (χ4v) is 3.98. The molecule has 1 aliphatic rings. The predicted octanol–water partition coefficient (Wildman–Crippen LogP) is 6.93. The second-order valence-corrected chi connectivity index (χ2v) is 7.51. The molecule has 1 heteroatoms. The van der Waals surface area contributed by atoms with Crippen LogP contribution in [-0.4, -0.2) is 0 Å². The molecule has 0 spiro atoms. The summed E-state index contributed by atoms with van der Waals surface area (Å²) < 4.78 is 0. The average molecular weight is 285 g/mol. The first-order chi connectivity index (χ1) is 9.01. The van der Waals surface area contributed by atoms with Gasteiger partial charge in [0.1, 0.15) is 0 Å². The van der Waals surface area contributed by atoms with E-state index >= 15 is 0 Å². The molecule has 112 valence electrons. The van der Waals surface area contributed by atoms with Gasteiger partial charge in [-0.25, -0.2) is 0 Å². The second-order valence-electron chi connectivity index (χ2n) is 7.03. The molecular formula is C18H33Cl. The van der Waals surface area contributed by atoms with Gasteiger partial charge in [-0.05, 0) is 49.4 Å². The Morgan fingerprint density at radius 3 is 2.53 bits per heavy atom. The molecule has 0 aromatic heterocycles. The monoisotopic (exact) mass is 284 g/mol. The molecule has 0 bridgehead atoms. The summed E-state index contributed by atoms with van der Waals surface area (Å²) in [5.74, 6) is 1.73. The van der Waals surface area contributed by atoms with Crippen LogP contribution in [0.5, 0.6) is 0 Å². The number of allylic oxidation sites excluding steroid dienone is 2. The Labute approximate surface area is 126 Å². The van der Waals surface area contributed by atoms with Gasteiger partial charge < -0.3 is 0 Å². The van der Waals surface area contributed by atoms with Crippen molar-refractivity contribution in [3.05, 3.63) is 11.1 Å². The minimum absolute atomic E-state index is 0.494. The van der Waals surface area contributed by atoms with Gasteiger partial charge in [-0.15, -0.1) is 0 Å². The van der Waals surface area contributed by atoms with Crippen molar-refractivity contribution in [2.45, 2.75) is 85.5 Å². The highest BCUT2D eigenvalue weighted by Crippen LogP contribution is 2.45. The van der Waals surface area contributed by atoms with E-state index < -0.39 is 0 Å². The van der Waals surface area contributed by atoms with Gasteiger partial charge in [0.15, 0.2) is 0 Å². The first-order valence-corrected chi connectivity index (χ1v) is 8.73. The molecule has 2 atom stereocenters. The second kappa shape index (κ2) is 8.35. The molecule has 19 heavy (non-hydrogen) atoms. The van der Waals surface area contributed by atoms with Crippen molar-refractivity contribution in [1.82, 2.24) is 0 Å². The van der Waals surface area contributed by atoms with Gasteiger partial charge in [0, 0.05) is 5.03 Å². The van der Waals surface area contributed by atoms with Crippen LogP contribution in [0.4, 0.5) is 0 Å². The van der Waals surface area contributed by atoms with E-state index in [9.17, 15) is 0 Å². The molecular weight excluding hydrogens is 252 g/mol. The molecule has 0 aromatic carbocycles. The standard InChI is InChI=1S/C18H33Cl/c1-5-7-8-14-18(3,4)17(9-6-2)15-10-12-16(19)13-11-15/h12,15,17H,5-11,13-14H2,1-4H3/t15-,17?/m0/s1. The normalized spacial score (nSPS) is 22.2. The highest BCUT2D eigenvalue weighted by molar-refractivity contribution is 6.29. The van der Waals surface area contributed by atoms with Crippen LogP contribution in [0.15, 0.2) is 11.1 Å². The van der Waals surface area contributed by atoms with E-state index in [4.69, 9.17) is 11.6 Å². The summed E-state index contributed by atoms with van der Waals surface area (Å²) in [6.07, 6.45) is 14.1. The van der Waals surface area contributed by atoms with Crippen molar-refractivity contribution < 1.29 is 0 Å². The van der Waals surface area contributed by atoms with Gasteiger partial charge in [-0.3, -0.25) is 0 Å². The molecule has 1 rings (SSSR count). The summed E-state index contributed by atoms with van der Waals surface area (Å²) in [5, 5.41) is 1.09. The Balaban J connectivity index is 2.64. The molecule has 0 fully saturated rings. The first-order valence-electron chi connectivity index (χ1n) is 8.35. The smallest absolute Gasteiger partial charge is 0.0141 e. The lowest BCUT2D eigenvalue weighted by Gasteiger charge is -2.41. The zero-order valence-electron chi connectivity index (χ0n) is 13.5. The Morgan fingerprint density at radius 1 is 1.26 bits per heavy atom. The van der Waals surface area contributed by atoms with Crippen LogP contribution >= 0.6 is 11.6 Å². The van der Waals surface area contributed by atoms with Crippen molar-refractivity contribution in [2.75, 3.05) is 0 Å². The number of hydrogen-bond donors (Lipinski definition) is 0. The van der Waals surface area contributed by atoms with E-state index in [-0.39, 0.29) is 0 Å². The van der Waals surface area contributed by atoms with Crippen molar-refractivity contribution in [2.24, 2.45) is 17.3 Å². The molecule has 1 aliphatic carbocycles. The fourth-order valence-electron chi connectivity index (χ4n) is 3.78. The maximum atomic E-state index is 6.14. The summed E-state index contributed by atoms with van der Waals surface area (Å²) >= 11 is 6.14. The Bertz CT molecular complexity index is 277. The molecule has 0 nitrogen and oxygen atoms in total. The van der Waals surface area contributed by atoms with Crippen LogP contribution in [0.2, 0.25) is 0 Å². The lowest BCUT2D eigenvalue weighted by Crippen LogP contribution is -2.31. The first kappa shape index (κ1) is 17.1. The van der Waals surface area contributed by atoms with Gasteiger partial charge in [0.05, 0.1) is 0 Å². The lowest BCUT2D eigenvalue weighted by molar-refractivity contribution is 0.105. The molecule has 0 amide bonds. The van der Waals surface area contributed by atoms with E-state index in [1.54, 1.807) is 0 Å². The summed E-state index contributed by atoms with van der Waals surface area (Å²) in [4.78, 5) is 0. The van der Waals surface area contributed by atoms with Crippen LogP contribution in [0.25, 0.3) is 0 Å². The van der Waals surface area contributed by atoms with Crippen LogP contribution in [0.1, 0.15) is 85.5 Å². The Morgan fingerprint density at radius 2 is 2.00 bits per heavy atom. The molecule has 1 unspecified atom stereocenters. The van der Waals surface area contributed by atoms with E-state index in [0.29, 0.717) is 5.41 Å². The zero-order valence-corrected chi connectivity index (χ0v) is 14.2. The van der Waals surface area contributed by atoms with Crippen LogP contribution in [0, 0.1) is 17.3 Å². The minimum Gasteiger partial charge on any atom is -0.0895 e. The Hall–Kier alpha value is 0.0300. The van der Waals surface area contributed by atoms with Gasteiger partial charge >= 0.3 is 0 Å². The molecule has 0 saturated heterocycles. The van der Waals surface area contributed by atoms with Crippen molar-refractivity contribution in [3.8, 4) is 0 Å². The van der Waals surface area contributed by atoms with Crippen LogP contribution in [-0.2, 0) is 0 Å². The maximum absolute atomic E-state index is 6.14. The molecule has 0 N–H and O–H groups in total. The van der Waals surface area contributed by atoms with Gasteiger partial charge in [-0.1, -0.05) is 71.1 Å². The summed E-state index contributed by atoms with van der Waals surface area (Å²) in [6, 6.07) is 0. The third-order valence-electron chi connectivity index (χ3n) is 4.99. The van der Waals surface area contributed by atoms with E-state index in [1.165, 1.54) is 51.4 Å². The topological polar surface area (TPSA) is 0 Å². The molecule has 0 radical (unpaired) electrons. The number of hydrogen-bond acceptors (Lipinski definition) is 0. The molecule has 0 heterocycles. The number of unbranched alkanes of at least 4 members (excludes halogenated alkanes) is 2. The lowest BCUT2D eigenvalue weighted by atomic mass is 9.65. The summed E-state index contributed by atoms with van der Waals surface area (Å²) in [6.45, 7) is 9.64. The van der Waals surface area contributed by atoms with Gasteiger partial charge in [0.25, 0.3) is 0 Å². The van der Waals surface area contributed by atoms with Crippen LogP contribution in [0.3, 0.4) is 0 Å². The van der Waals surface area contributed by atoms with Crippen molar-refractivity contribution >= 4 is 11.6 Å². The van der Waals surface area contributed by atoms with Crippen LogP contribution < -0.4 is 0 Å². The average Bonchev–Trinajstić information content (AvgIpc) is 2.37. The van der Waals surface area contributed by atoms with E-state index in [2.05, 4.69) is 33.8 Å². The zero-order chi connectivity index (χ0) is 14.3. The minimum atomic E-state index is 0.494.